The van der Waals surface area contributed by atoms with Crippen molar-refractivity contribution in [1.82, 2.24) is 19.6 Å². The summed E-state index contributed by atoms with van der Waals surface area (Å²) in [7, 11) is -3.56. The fourth-order valence-corrected chi connectivity index (χ4v) is 4.12. The molecule has 0 saturated carbocycles. The molecule has 1 aliphatic heterocycles. The summed E-state index contributed by atoms with van der Waals surface area (Å²) in [5, 5.41) is 2.41. The number of hydrogen-bond donors (Lipinski definition) is 1. The molecule has 1 amide bonds. The number of nitrogens with zero attached hydrogens (tertiary/aromatic N) is 4. The summed E-state index contributed by atoms with van der Waals surface area (Å²) in [5.74, 6) is -2.59. The number of aromatic nitrogens is 2. The summed E-state index contributed by atoms with van der Waals surface area (Å²) in [6.07, 6.45) is 3.25. The minimum absolute atomic E-state index is 0.0761. The Balaban J connectivity index is 1.49. The second-order valence-corrected chi connectivity index (χ2v) is 8.22. The molecule has 0 unspecified atom stereocenters. The maximum Gasteiger partial charge on any atom is 0.251 e. The maximum atomic E-state index is 13.2. The first-order chi connectivity index (χ1) is 13.4. The lowest BCUT2D eigenvalue weighted by Gasteiger charge is -2.33. The Morgan fingerprint density at radius 2 is 1.75 bits per heavy atom. The molecule has 150 valence electrons. The Hall–Kier alpha value is -2.66. The number of halogens is 2. The number of benzene rings is 1. The zero-order valence-corrected chi connectivity index (χ0v) is 15.7. The van der Waals surface area contributed by atoms with Crippen LogP contribution in [0, 0.1) is 11.6 Å². The minimum atomic E-state index is -3.56. The molecule has 1 aromatic carbocycles. The molecule has 0 bridgehead atoms. The first kappa shape index (κ1) is 20.1. The van der Waals surface area contributed by atoms with E-state index in [0.29, 0.717) is 19.0 Å². The number of piperazine rings is 1. The largest absolute Gasteiger partial charge is 0.351 e. The van der Waals surface area contributed by atoms with Gasteiger partial charge in [-0.15, -0.1) is 0 Å². The van der Waals surface area contributed by atoms with Gasteiger partial charge >= 0.3 is 0 Å². The van der Waals surface area contributed by atoms with Crippen LogP contribution in [0.25, 0.3) is 0 Å². The normalized spacial score (nSPS) is 15.4. The standard InChI is InChI=1S/C17H19F2N5O3S/c18-14-3-2-13(12-15(14)19)16(25)20-6-11-28(26,27)24-9-7-23(8-10-24)17-21-4-1-5-22-17/h1-5,12H,6-11H2,(H,20,25). The number of anilines is 1. The van der Waals surface area contributed by atoms with E-state index in [-0.39, 0.29) is 31.0 Å². The monoisotopic (exact) mass is 411 g/mol. The molecular weight excluding hydrogens is 392 g/mol. The van der Waals surface area contributed by atoms with Crippen LogP contribution in [-0.2, 0) is 10.0 Å². The average molecular weight is 411 g/mol. The smallest absolute Gasteiger partial charge is 0.251 e. The molecule has 1 saturated heterocycles. The van der Waals surface area contributed by atoms with E-state index in [1.165, 1.54) is 4.31 Å². The van der Waals surface area contributed by atoms with E-state index in [4.69, 9.17) is 0 Å². The number of nitrogens with one attached hydrogen (secondary N) is 1. The third kappa shape index (κ3) is 4.78. The summed E-state index contributed by atoms with van der Waals surface area (Å²) in [6.45, 7) is 1.37. The predicted octanol–water partition coefficient (Wildman–Crippen LogP) is 0.637. The highest BCUT2D eigenvalue weighted by atomic mass is 32.2. The zero-order valence-electron chi connectivity index (χ0n) is 14.9. The van der Waals surface area contributed by atoms with Crippen LogP contribution < -0.4 is 10.2 Å². The van der Waals surface area contributed by atoms with Crippen LogP contribution in [-0.4, -0.2) is 67.1 Å². The van der Waals surface area contributed by atoms with E-state index in [2.05, 4.69) is 15.3 Å². The predicted molar refractivity (Wildman–Crippen MR) is 98.3 cm³/mol. The van der Waals surface area contributed by atoms with Gasteiger partial charge in [-0.1, -0.05) is 0 Å². The molecule has 28 heavy (non-hydrogen) atoms. The molecule has 0 aliphatic carbocycles. The Bertz CT molecular complexity index is 935. The third-order valence-electron chi connectivity index (χ3n) is 4.29. The highest BCUT2D eigenvalue weighted by molar-refractivity contribution is 7.89. The molecule has 1 fully saturated rings. The van der Waals surface area contributed by atoms with Gasteiger partial charge in [0.05, 0.1) is 5.75 Å². The summed E-state index contributed by atoms with van der Waals surface area (Å²) in [4.78, 5) is 22.1. The SMILES string of the molecule is O=C(NCCS(=O)(=O)N1CCN(c2ncccn2)CC1)c1ccc(F)c(F)c1. The highest BCUT2D eigenvalue weighted by Gasteiger charge is 2.27. The molecule has 1 N–H and O–H groups in total. The second-order valence-electron chi connectivity index (χ2n) is 6.14. The summed E-state index contributed by atoms with van der Waals surface area (Å²) in [6, 6.07) is 4.45. The molecular formula is C17H19F2N5O3S. The van der Waals surface area contributed by atoms with Crippen molar-refractivity contribution in [3.8, 4) is 0 Å². The van der Waals surface area contributed by atoms with Gasteiger partial charge in [-0.25, -0.2) is 27.2 Å². The van der Waals surface area contributed by atoms with Crippen molar-refractivity contribution in [2.75, 3.05) is 43.4 Å². The van der Waals surface area contributed by atoms with E-state index in [1.54, 1.807) is 18.5 Å². The van der Waals surface area contributed by atoms with Crippen molar-refractivity contribution >= 4 is 21.9 Å². The fraction of sp³-hybridized carbons (Fsp3) is 0.353. The third-order valence-corrected chi connectivity index (χ3v) is 6.17. The van der Waals surface area contributed by atoms with E-state index in [1.807, 2.05) is 4.90 Å². The van der Waals surface area contributed by atoms with Gasteiger partial charge in [0.15, 0.2) is 11.6 Å². The zero-order chi connectivity index (χ0) is 20.1. The van der Waals surface area contributed by atoms with Gasteiger partial charge in [-0.3, -0.25) is 4.79 Å². The van der Waals surface area contributed by atoms with E-state index in [0.717, 1.165) is 18.2 Å². The lowest BCUT2D eigenvalue weighted by molar-refractivity contribution is 0.0955. The quantitative estimate of drug-likeness (QED) is 0.750. The Morgan fingerprint density at radius 1 is 1.07 bits per heavy atom. The van der Waals surface area contributed by atoms with Crippen LogP contribution in [0.1, 0.15) is 10.4 Å². The number of carbonyl (C=O) groups excluding carboxylic acids is 1. The number of carbonyl (C=O) groups is 1. The molecule has 1 aromatic heterocycles. The lowest BCUT2D eigenvalue weighted by Crippen LogP contribution is -2.50. The van der Waals surface area contributed by atoms with Crippen LogP contribution in [0.5, 0.6) is 0 Å². The van der Waals surface area contributed by atoms with Crippen molar-refractivity contribution in [1.29, 1.82) is 0 Å². The molecule has 0 atom stereocenters. The molecule has 2 aromatic rings. The molecule has 1 aliphatic rings. The first-order valence-electron chi connectivity index (χ1n) is 8.60. The van der Waals surface area contributed by atoms with Crippen molar-refractivity contribution in [3.05, 3.63) is 53.9 Å². The van der Waals surface area contributed by atoms with Crippen molar-refractivity contribution < 1.29 is 22.0 Å². The summed E-state index contributed by atoms with van der Waals surface area (Å²) in [5.41, 5.74) is -0.0761. The van der Waals surface area contributed by atoms with Gasteiger partial charge in [-0.05, 0) is 24.3 Å². The lowest BCUT2D eigenvalue weighted by atomic mass is 10.2. The number of hydrogen-bond acceptors (Lipinski definition) is 6. The van der Waals surface area contributed by atoms with Crippen LogP contribution >= 0.6 is 0 Å². The Morgan fingerprint density at radius 3 is 2.39 bits per heavy atom. The topological polar surface area (TPSA) is 95.5 Å². The molecule has 0 radical (unpaired) electrons. The van der Waals surface area contributed by atoms with Crippen molar-refractivity contribution in [2.24, 2.45) is 0 Å². The van der Waals surface area contributed by atoms with Gasteiger partial charge in [0, 0.05) is 50.7 Å². The summed E-state index contributed by atoms with van der Waals surface area (Å²) >= 11 is 0. The van der Waals surface area contributed by atoms with Gasteiger partial charge in [0.1, 0.15) is 0 Å². The molecule has 11 heteroatoms. The van der Waals surface area contributed by atoms with Gasteiger partial charge in [-0.2, -0.15) is 4.31 Å². The van der Waals surface area contributed by atoms with E-state index in [9.17, 15) is 22.0 Å². The van der Waals surface area contributed by atoms with Gasteiger partial charge < -0.3 is 10.2 Å². The van der Waals surface area contributed by atoms with E-state index < -0.39 is 27.6 Å². The Kier molecular flexibility index (Phi) is 6.15. The first-order valence-corrected chi connectivity index (χ1v) is 10.2. The van der Waals surface area contributed by atoms with E-state index >= 15 is 0 Å². The van der Waals surface area contributed by atoms with Crippen LogP contribution in [0.3, 0.4) is 0 Å². The maximum absolute atomic E-state index is 13.2. The molecule has 0 spiro atoms. The van der Waals surface area contributed by atoms with Crippen LogP contribution in [0.4, 0.5) is 14.7 Å². The van der Waals surface area contributed by atoms with Crippen molar-refractivity contribution in [2.45, 2.75) is 0 Å². The van der Waals surface area contributed by atoms with Crippen molar-refractivity contribution in [3.63, 3.8) is 0 Å². The number of amides is 1. The molecule has 2 heterocycles. The number of sulfonamides is 1. The van der Waals surface area contributed by atoms with Crippen LogP contribution in [0.2, 0.25) is 0 Å². The fourth-order valence-electron chi connectivity index (χ4n) is 2.78. The van der Waals surface area contributed by atoms with Gasteiger partial charge in [0.25, 0.3) is 5.91 Å². The Labute approximate surface area is 161 Å². The average Bonchev–Trinajstić information content (AvgIpc) is 2.70. The van der Waals surface area contributed by atoms with Gasteiger partial charge in [0.2, 0.25) is 16.0 Å². The molecule has 3 rings (SSSR count). The number of rotatable bonds is 6. The molecule has 8 nitrogen and oxygen atoms in total. The van der Waals surface area contributed by atoms with Crippen LogP contribution in [0.15, 0.2) is 36.7 Å². The summed E-state index contributed by atoms with van der Waals surface area (Å²) < 4.78 is 52.4. The highest BCUT2D eigenvalue weighted by Crippen LogP contribution is 2.13. The second kappa shape index (κ2) is 8.57. The minimum Gasteiger partial charge on any atom is -0.351 e.